The zero-order valence-electron chi connectivity index (χ0n) is 11.6. The number of aryl methyl sites for hydroxylation is 1. The molecule has 0 amide bonds. The van der Waals surface area contributed by atoms with Crippen molar-refractivity contribution < 1.29 is 4.74 Å². The van der Waals surface area contributed by atoms with Gasteiger partial charge in [0.05, 0.1) is 0 Å². The largest absolute Gasteiger partial charge is 0.460 e. The van der Waals surface area contributed by atoms with Crippen LogP contribution in [0.1, 0.15) is 50.4 Å². The molecule has 1 aliphatic rings. The predicted molar refractivity (Wildman–Crippen MR) is 74.5 cm³/mol. The lowest BCUT2D eigenvalue weighted by Gasteiger charge is -2.28. The molecule has 0 bridgehead atoms. The number of hydrogen-bond donors (Lipinski definition) is 2. The first-order valence-electron chi connectivity index (χ1n) is 6.95. The molecule has 1 aliphatic carbocycles. The zero-order valence-corrected chi connectivity index (χ0v) is 11.6. The Morgan fingerprint density at radius 2 is 2.26 bits per heavy atom. The van der Waals surface area contributed by atoms with Gasteiger partial charge in [-0.25, -0.2) is 4.98 Å². The van der Waals surface area contributed by atoms with Gasteiger partial charge < -0.3 is 10.5 Å². The number of nitrogen functional groups attached to an aromatic ring is 1. The molecule has 0 radical (unpaired) electrons. The summed E-state index contributed by atoms with van der Waals surface area (Å²) < 4.78 is 5.88. The quantitative estimate of drug-likeness (QED) is 0.644. The van der Waals surface area contributed by atoms with Crippen molar-refractivity contribution in [2.75, 3.05) is 0 Å². The van der Waals surface area contributed by atoms with Crippen molar-refractivity contribution in [3.63, 3.8) is 0 Å². The van der Waals surface area contributed by atoms with Crippen molar-refractivity contribution in [1.29, 1.82) is 5.41 Å². The number of nitrogens with two attached hydrogens (primary N) is 1. The van der Waals surface area contributed by atoms with Gasteiger partial charge in [-0.3, -0.25) is 5.41 Å². The fraction of sp³-hybridized carbons (Fsp3) is 0.643. The fourth-order valence-corrected chi connectivity index (χ4v) is 2.60. The van der Waals surface area contributed by atoms with E-state index in [1.807, 2.05) is 6.92 Å². The van der Waals surface area contributed by atoms with E-state index in [9.17, 15) is 0 Å². The SMILES string of the molecule is CCC1CCCC(Oc2nc(C)cc(C(=N)N)n2)C1. The molecule has 1 aromatic rings. The smallest absolute Gasteiger partial charge is 0.317 e. The van der Waals surface area contributed by atoms with Crippen LogP contribution in [0.5, 0.6) is 6.01 Å². The second-order valence-corrected chi connectivity index (χ2v) is 5.27. The van der Waals surface area contributed by atoms with Crippen LogP contribution in [0.15, 0.2) is 6.07 Å². The van der Waals surface area contributed by atoms with Crippen molar-refractivity contribution in [1.82, 2.24) is 9.97 Å². The molecule has 2 atom stereocenters. The lowest BCUT2D eigenvalue weighted by atomic mass is 9.85. The standard InChI is InChI=1S/C14H22N4O/c1-3-10-5-4-6-11(8-10)19-14-17-9(2)7-12(18-14)13(15)16/h7,10-11H,3-6,8H2,1-2H3,(H3,15,16). The maximum absolute atomic E-state index is 7.44. The van der Waals surface area contributed by atoms with E-state index in [2.05, 4.69) is 16.9 Å². The summed E-state index contributed by atoms with van der Waals surface area (Å²) in [4.78, 5) is 8.47. The lowest BCUT2D eigenvalue weighted by molar-refractivity contribution is 0.111. The summed E-state index contributed by atoms with van der Waals surface area (Å²) in [5.74, 6) is 0.696. The number of aromatic nitrogens is 2. The van der Waals surface area contributed by atoms with Gasteiger partial charge in [0.2, 0.25) is 0 Å². The predicted octanol–water partition coefficient (Wildman–Crippen LogP) is 2.42. The number of rotatable bonds is 4. The average Bonchev–Trinajstić information content (AvgIpc) is 2.38. The van der Waals surface area contributed by atoms with Crippen LogP contribution in [-0.2, 0) is 0 Å². The van der Waals surface area contributed by atoms with E-state index in [0.29, 0.717) is 11.7 Å². The second kappa shape index (κ2) is 5.99. The molecule has 0 spiro atoms. The van der Waals surface area contributed by atoms with Crippen LogP contribution in [0.3, 0.4) is 0 Å². The van der Waals surface area contributed by atoms with Gasteiger partial charge in [-0.1, -0.05) is 19.8 Å². The van der Waals surface area contributed by atoms with Gasteiger partial charge in [0.25, 0.3) is 0 Å². The first-order chi connectivity index (χ1) is 9.08. The Morgan fingerprint density at radius 1 is 1.47 bits per heavy atom. The summed E-state index contributed by atoms with van der Waals surface area (Å²) in [6.45, 7) is 4.08. The summed E-state index contributed by atoms with van der Waals surface area (Å²) in [5, 5.41) is 7.44. The summed E-state index contributed by atoms with van der Waals surface area (Å²) in [5.41, 5.74) is 6.68. The number of amidine groups is 1. The van der Waals surface area contributed by atoms with Crippen LogP contribution in [0.2, 0.25) is 0 Å². The third-order valence-corrected chi connectivity index (χ3v) is 3.69. The Labute approximate surface area is 114 Å². The molecule has 0 aliphatic heterocycles. The number of hydrogen-bond acceptors (Lipinski definition) is 4. The maximum atomic E-state index is 7.44. The summed E-state index contributed by atoms with van der Waals surface area (Å²) >= 11 is 0. The first-order valence-corrected chi connectivity index (χ1v) is 6.95. The maximum Gasteiger partial charge on any atom is 0.317 e. The Bertz CT molecular complexity index is 461. The van der Waals surface area contributed by atoms with Crippen molar-refractivity contribution in [2.24, 2.45) is 11.7 Å². The van der Waals surface area contributed by atoms with Gasteiger partial charge in [0.1, 0.15) is 17.6 Å². The summed E-state index contributed by atoms with van der Waals surface area (Å²) in [6.07, 6.45) is 6.03. The molecule has 1 fully saturated rings. The Hall–Kier alpha value is -1.65. The Kier molecular flexibility index (Phi) is 4.35. The molecular formula is C14H22N4O. The molecule has 104 valence electrons. The zero-order chi connectivity index (χ0) is 13.8. The van der Waals surface area contributed by atoms with Crippen LogP contribution in [0, 0.1) is 18.3 Å². The molecule has 5 nitrogen and oxygen atoms in total. The van der Waals surface area contributed by atoms with Gasteiger partial charge >= 0.3 is 6.01 Å². The molecular weight excluding hydrogens is 240 g/mol. The topological polar surface area (TPSA) is 84.9 Å². The van der Waals surface area contributed by atoms with Crippen LogP contribution in [0.25, 0.3) is 0 Å². The van der Waals surface area contributed by atoms with E-state index >= 15 is 0 Å². The molecule has 0 saturated heterocycles. The van der Waals surface area contributed by atoms with E-state index in [-0.39, 0.29) is 11.9 Å². The van der Waals surface area contributed by atoms with Gasteiger partial charge in [-0.15, -0.1) is 0 Å². The number of ether oxygens (including phenoxy) is 1. The molecule has 2 unspecified atom stereocenters. The highest BCUT2D eigenvalue weighted by Crippen LogP contribution is 2.28. The highest BCUT2D eigenvalue weighted by atomic mass is 16.5. The van der Waals surface area contributed by atoms with Crippen LogP contribution >= 0.6 is 0 Å². The normalized spacial score (nSPS) is 23.1. The van der Waals surface area contributed by atoms with E-state index in [1.54, 1.807) is 6.07 Å². The van der Waals surface area contributed by atoms with Gasteiger partial charge in [0.15, 0.2) is 0 Å². The highest BCUT2D eigenvalue weighted by Gasteiger charge is 2.23. The van der Waals surface area contributed by atoms with Crippen molar-refractivity contribution in [3.8, 4) is 6.01 Å². The fourth-order valence-electron chi connectivity index (χ4n) is 2.60. The first kappa shape index (κ1) is 13.8. The van der Waals surface area contributed by atoms with Gasteiger partial charge in [-0.05, 0) is 38.2 Å². The third kappa shape index (κ3) is 3.66. The third-order valence-electron chi connectivity index (χ3n) is 3.69. The second-order valence-electron chi connectivity index (χ2n) is 5.27. The van der Waals surface area contributed by atoms with E-state index in [1.165, 1.54) is 19.3 Å². The average molecular weight is 262 g/mol. The molecule has 1 heterocycles. The highest BCUT2D eigenvalue weighted by molar-refractivity contribution is 5.93. The Balaban J connectivity index is 2.08. The van der Waals surface area contributed by atoms with Crippen LogP contribution < -0.4 is 10.5 Å². The van der Waals surface area contributed by atoms with Crippen molar-refractivity contribution >= 4 is 5.84 Å². The van der Waals surface area contributed by atoms with Crippen LogP contribution in [0.4, 0.5) is 0 Å². The molecule has 1 saturated carbocycles. The molecule has 0 aromatic carbocycles. The van der Waals surface area contributed by atoms with Crippen LogP contribution in [-0.4, -0.2) is 21.9 Å². The Morgan fingerprint density at radius 3 is 2.95 bits per heavy atom. The van der Waals surface area contributed by atoms with E-state index in [4.69, 9.17) is 15.9 Å². The van der Waals surface area contributed by atoms with Gasteiger partial charge in [-0.2, -0.15) is 4.98 Å². The van der Waals surface area contributed by atoms with E-state index in [0.717, 1.165) is 24.5 Å². The van der Waals surface area contributed by atoms with E-state index < -0.39 is 0 Å². The monoisotopic (exact) mass is 262 g/mol. The van der Waals surface area contributed by atoms with Gasteiger partial charge in [0, 0.05) is 5.69 Å². The van der Waals surface area contributed by atoms with Crippen molar-refractivity contribution in [2.45, 2.75) is 52.1 Å². The minimum absolute atomic E-state index is 0.0505. The molecule has 2 rings (SSSR count). The minimum atomic E-state index is -0.0505. The summed E-state index contributed by atoms with van der Waals surface area (Å²) in [6, 6.07) is 2.05. The minimum Gasteiger partial charge on any atom is -0.460 e. The van der Waals surface area contributed by atoms with Crippen molar-refractivity contribution in [3.05, 3.63) is 17.5 Å². The number of nitrogens with one attached hydrogen (secondary N) is 1. The summed E-state index contributed by atoms with van der Waals surface area (Å²) in [7, 11) is 0. The number of nitrogens with zero attached hydrogens (tertiary/aromatic N) is 2. The molecule has 19 heavy (non-hydrogen) atoms. The lowest BCUT2D eigenvalue weighted by Crippen LogP contribution is -2.26. The molecule has 5 heteroatoms. The molecule has 3 N–H and O–H groups in total. The molecule has 1 aromatic heterocycles.